The number of carbonyl (C=O) groups excluding carboxylic acids is 1. The number of anilines is 2. The van der Waals surface area contributed by atoms with Crippen molar-refractivity contribution in [3.63, 3.8) is 0 Å². The van der Waals surface area contributed by atoms with E-state index >= 15 is 0 Å². The van der Waals surface area contributed by atoms with E-state index in [0.717, 1.165) is 11.4 Å². The molecule has 0 atom stereocenters. The van der Waals surface area contributed by atoms with Gasteiger partial charge in [0.15, 0.2) is 0 Å². The first-order valence-corrected chi connectivity index (χ1v) is 7.29. The van der Waals surface area contributed by atoms with E-state index in [4.69, 9.17) is 0 Å². The molecule has 0 spiro atoms. The number of fused-ring (bicyclic) bond motifs is 3. The smallest absolute Gasteiger partial charge is 0.297 e. The minimum Gasteiger partial charge on any atom is -0.313 e. The minimum atomic E-state index is -0.461. The third-order valence-corrected chi connectivity index (χ3v) is 4.07. The maximum absolute atomic E-state index is 12.3. The molecular weight excluding hydrogens is 308 g/mol. The standard InChI is InChI=1S/C17H12N4O3/c1-19-13-8-4-5-9-14(13)20-15(16(22)18-17(19)20)10-11-6-2-3-7-12(11)21(23)24/h2-10H,1H3/b15-10-. The fourth-order valence-electron chi connectivity index (χ4n) is 2.96. The van der Waals surface area contributed by atoms with Crippen LogP contribution in [0.2, 0.25) is 0 Å². The first-order chi connectivity index (χ1) is 11.6. The highest BCUT2D eigenvalue weighted by molar-refractivity contribution is 6.30. The van der Waals surface area contributed by atoms with Crippen LogP contribution in [0.15, 0.2) is 59.2 Å². The molecule has 0 saturated heterocycles. The van der Waals surface area contributed by atoms with Crippen molar-refractivity contribution in [1.29, 1.82) is 0 Å². The van der Waals surface area contributed by atoms with Crippen molar-refractivity contribution in [2.75, 3.05) is 16.8 Å². The van der Waals surface area contributed by atoms with Gasteiger partial charge in [-0.05, 0) is 24.3 Å². The maximum atomic E-state index is 12.3. The quantitative estimate of drug-likeness (QED) is 0.483. The molecule has 0 aromatic heterocycles. The van der Waals surface area contributed by atoms with Crippen LogP contribution in [0.25, 0.3) is 6.08 Å². The van der Waals surface area contributed by atoms with Gasteiger partial charge in [0.25, 0.3) is 11.6 Å². The lowest BCUT2D eigenvalue weighted by Gasteiger charge is -2.14. The third kappa shape index (κ3) is 1.91. The number of guanidine groups is 1. The van der Waals surface area contributed by atoms with Crippen LogP contribution in [0.5, 0.6) is 0 Å². The van der Waals surface area contributed by atoms with Gasteiger partial charge >= 0.3 is 0 Å². The first kappa shape index (κ1) is 14.1. The molecule has 7 nitrogen and oxygen atoms in total. The molecule has 0 fully saturated rings. The molecule has 7 heteroatoms. The average molecular weight is 320 g/mol. The van der Waals surface area contributed by atoms with Gasteiger partial charge in [0.1, 0.15) is 5.70 Å². The summed E-state index contributed by atoms with van der Waals surface area (Å²) in [5.74, 6) is 0.0931. The summed E-state index contributed by atoms with van der Waals surface area (Å²) in [6.45, 7) is 0. The van der Waals surface area contributed by atoms with Gasteiger partial charge in [-0.3, -0.25) is 19.8 Å². The van der Waals surface area contributed by atoms with E-state index < -0.39 is 10.8 Å². The van der Waals surface area contributed by atoms with Crippen molar-refractivity contribution in [3.05, 3.63) is 69.9 Å². The molecule has 4 rings (SSSR count). The summed E-state index contributed by atoms with van der Waals surface area (Å²) < 4.78 is 0. The molecule has 1 amide bonds. The molecule has 0 N–H and O–H groups in total. The van der Waals surface area contributed by atoms with Crippen molar-refractivity contribution in [1.82, 2.24) is 0 Å². The van der Waals surface area contributed by atoms with E-state index in [1.165, 1.54) is 12.1 Å². The Morgan fingerprint density at radius 3 is 2.50 bits per heavy atom. The Labute approximate surface area is 137 Å². The molecule has 0 radical (unpaired) electrons. The summed E-state index contributed by atoms with van der Waals surface area (Å²) in [6, 6.07) is 13.9. The summed E-state index contributed by atoms with van der Waals surface area (Å²) in [4.78, 5) is 30.7. The Kier molecular flexibility index (Phi) is 2.96. The van der Waals surface area contributed by atoms with Crippen molar-refractivity contribution >= 4 is 35.0 Å². The number of carbonyl (C=O) groups is 1. The summed E-state index contributed by atoms with van der Waals surface area (Å²) in [7, 11) is 1.83. The number of benzene rings is 2. The molecule has 2 aromatic rings. The van der Waals surface area contributed by atoms with Crippen LogP contribution >= 0.6 is 0 Å². The highest BCUT2D eigenvalue weighted by Crippen LogP contribution is 2.41. The predicted octanol–water partition coefficient (Wildman–Crippen LogP) is 2.79. The molecule has 118 valence electrons. The number of nitrogens with zero attached hydrogens (tertiary/aromatic N) is 4. The van der Waals surface area contributed by atoms with Crippen LogP contribution in [0.3, 0.4) is 0 Å². The van der Waals surface area contributed by atoms with E-state index in [-0.39, 0.29) is 5.69 Å². The Balaban J connectivity index is 1.87. The Morgan fingerprint density at radius 2 is 1.75 bits per heavy atom. The zero-order valence-corrected chi connectivity index (χ0v) is 12.7. The molecule has 2 aliphatic rings. The zero-order chi connectivity index (χ0) is 16.8. The van der Waals surface area contributed by atoms with Crippen LogP contribution in [-0.4, -0.2) is 23.8 Å². The lowest BCUT2D eigenvalue weighted by atomic mass is 10.1. The van der Waals surface area contributed by atoms with Gasteiger partial charge in [-0.25, -0.2) is 0 Å². The third-order valence-electron chi connectivity index (χ3n) is 4.07. The summed E-state index contributed by atoms with van der Waals surface area (Å²) >= 11 is 0. The second kappa shape index (κ2) is 5.02. The van der Waals surface area contributed by atoms with E-state index in [1.54, 1.807) is 23.1 Å². The molecule has 0 unspecified atom stereocenters. The van der Waals surface area contributed by atoms with Crippen molar-refractivity contribution in [3.8, 4) is 0 Å². The molecule has 2 heterocycles. The van der Waals surface area contributed by atoms with E-state index in [1.807, 2.05) is 36.2 Å². The van der Waals surface area contributed by atoms with Crippen LogP contribution in [0, 0.1) is 10.1 Å². The minimum absolute atomic E-state index is 0.0490. The van der Waals surface area contributed by atoms with Gasteiger partial charge in [0, 0.05) is 13.1 Å². The second-order valence-corrected chi connectivity index (χ2v) is 5.45. The fourth-order valence-corrected chi connectivity index (χ4v) is 2.96. The van der Waals surface area contributed by atoms with Gasteiger partial charge < -0.3 is 4.90 Å². The maximum Gasteiger partial charge on any atom is 0.297 e. The van der Waals surface area contributed by atoms with Gasteiger partial charge in [0.2, 0.25) is 5.96 Å². The van der Waals surface area contributed by atoms with Crippen molar-refractivity contribution in [2.45, 2.75) is 0 Å². The van der Waals surface area contributed by atoms with Crippen LogP contribution < -0.4 is 9.80 Å². The first-order valence-electron chi connectivity index (χ1n) is 7.29. The Hall–Kier alpha value is -3.48. The van der Waals surface area contributed by atoms with Gasteiger partial charge in [-0.1, -0.05) is 24.3 Å². The van der Waals surface area contributed by atoms with E-state index in [2.05, 4.69) is 4.99 Å². The fraction of sp³-hybridized carbons (Fsp3) is 0.0588. The number of aliphatic imine (C=N–C) groups is 1. The molecule has 0 bridgehead atoms. The number of hydrogen-bond donors (Lipinski definition) is 0. The molecule has 0 aliphatic carbocycles. The summed E-state index contributed by atoms with van der Waals surface area (Å²) in [5, 5.41) is 11.2. The summed E-state index contributed by atoms with van der Waals surface area (Å²) in [6.07, 6.45) is 1.52. The molecule has 2 aromatic carbocycles. The zero-order valence-electron chi connectivity index (χ0n) is 12.7. The lowest BCUT2D eigenvalue weighted by Crippen LogP contribution is -2.31. The largest absolute Gasteiger partial charge is 0.313 e. The normalized spacial score (nSPS) is 17.1. The number of rotatable bonds is 2. The second-order valence-electron chi connectivity index (χ2n) is 5.45. The van der Waals surface area contributed by atoms with Gasteiger partial charge in [-0.15, -0.1) is 0 Å². The monoisotopic (exact) mass is 320 g/mol. The van der Waals surface area contributed by atoms with Crippen LogP contribution in [0.1, 0.15) is 5.56 Å². The van der Waals surface area contributed by atoms with Crippen LogP contribution in [0.4, 0.5) is 17.1 Å². The number of amides is 1. The van der Waals surface area contributed by atoms with Gasteiger partial charge in [-0.2, -0.15) is 4.99 Å². The Bertz CT molecular complexity index is 948. The summed E-state index contributed by atoms with van der Waals surface area (Å²) in [5.41, 5.74) is 2.38. The molecule has 0 saturated carbocycles. The van der Waals surface area contributed by atoms with E-state index in [0.29, 0.717) is 17.2 Å². The average Bonchev–Trinajstić information content (AvgIpc) is 3.04. The molecular formula is C17H12N4O3. The Morgan fingerprint density at radius 1 is 1.08 bits per heavy atom. The number of para-hydroxylation sites is 3. The van der Waals surface area contributed by atoms with Crippen LogP contribution in [-0.2, 0) is 4.79 Å². The molecule has 24 heavy (non-hydrogen) atoms. The highest BCUT2D eigenvalue weighted by Gasteiger charge is 2.40. The van der Waals surface area contributed by atoms with Crippen molar-refractivity contribution < 1.29 is 9.72 Å². The number of nitro groups is 1. The van der Waals surface area contributed by atoms with Crippen molar-refractivity contribution in [2.24, 2.45) is 4.99 Å². The number of nitro benzene ring substituents is 1. The highest BCUT2D eigenvalue weighted by atomic mass is 16.6. The van der Waals surface area contributed by atoms with Gasteiger partial charge in [0.05, 0.1) is 21.9 Å². The topological polar surface area (TPSA) is 79.0 Å². The SMILES string of the molecule is CN1C2=NC(=O)/C(=C/c3ccccc3[N+](=O)[O-])N2c2ccccc21. The number of hydrogen-bond acceptors (Lipinski definition) is 5. The lowest BCUT2D eigenvalue weighted by molar-refractivity contribution is -0.385. The molecule has 2 aliphatic heterocycles. The predicted molar refractivity (Wildman–Crippen MR) is 90.8 cm³/mol. The van der Waals surface area contributed by atoms with E-state index in [9.17, 15) is 14.9 Å².